The summed E-state index contributed by atoms with van der Waals surface area (Å²) in [6.07, 6.45) is 5.69. The van der Waals surface area contributed by atoms with Crippen molar-refractivity contribution in [2.45, 2.75) is 71.4 Å². The minimum absolute atomic E-state index is 0.175. The quantitative estimate of drug-likeness (QED) is 0.834. The average molecular weight is 325 g/mol. The van der Waals surface area contributed by atoms with Crippen molar-refractivity contribution in [3.05, 3.63) is 0 Å². The number of ether oxygens (including phenoxy) is 1. The van der Waals surface area contributed by atoms with Gasteiger partial charge in [0.1, 0.15) is 5.60 Å². The summed E-state index contributed by atoms with van der Waals surface area (Å²) < 4.78 is 5.47. The van der Waals surface area contributed by atoms with Gasteiger partial charge in [-0.1, -0.05) is 13.3 Å². The molecule has 2 fully saturated rings. The molecule has 134 valence electrons. The third kappa shape index (κ3) is 5.35. The van der Waals surface area contributed by atoms with Crippen molar-refractivity contribution >= 4 is 6.09 Å². The predicted octanol–water partition coefficient (Wildman–Crippen LogP) is 2.74. The highest BCUT2D eigenvalue weighted by Crippen LogP contribution is 2.32. The van der Waals surface area contributed by atoms with Gasteiger partial charge in [-0.3, -0.25) is 0 Å². The first kappa shape index (κ1) is 18.5. The number of piperidine rings is 1. The van der Waals surface area contributed by atoms with Crippen LogP contribution in [-0.2, 0) is 4.74 Å². The zero-order chi connectivity index (χ0) is 17.1. The molecule has 2 atom stereocenters. The van der Waals surface area contributed by atoms with Gasteiger partial charge < -0.3 is 20.7 Å². The van der Waals surface area contributed by atoms with E-state index < -0.39 is 5.60 Å². The molecule has 0 bridgehead atoms. The van der Waals surface area contributed by atoms with Crippen molar-refractivity contribution < 1.29 is 9.53 Å². The molecular weight excluding hydrogens is 290 g/mol. The van der Waals surface area contributed by atoms with Gasteiger partial charge in [-0.05, 0) is 64.3 Å². The minimum Gasteiger partial charge on any atom is -0.444 e. The Morgan fingerprint density at radius 3 is 2.52 bits per heavy atom. The van der Waals surface area contributed by atoms with E-state index in [2.05, 4.69) is 12.2 Å². The monoisotopic (exact) mass is 325 g/mol. The molecule has 1 saturated heterocycles. The third-order valence-electron chi connectivity index (χ3n) is 5.38. The lowest BCUT2D eigenvalue weighted by Gasteiger charge is -2.40. The number of carbonyl (C=O) groups excluding carboxylic acids is 1. The van der Waals surface area contributed by atoms with Crippen LogP contribution in [0.4, 0.5) is 4.79 Å². The Morgan fingerprint density at radius 1 is 1.30 bits per heavy atom. The number of amides is 1. The van der Waals surface area contributed by atoms with E-state index in [1.54, 1.807) is 0 Å². The van der Waals surface area contributed by atoms with Crippen molar-refractivity contribution in [2.75, 3.05) is 26.2 Å². The Balaban J connectivity index is 1.77. The first-order valence-electron chi connectivity index (χ1n) is 9.14. The summed E-state index contributed by atoms with van der Waals surface area (Å²) in [6.45, 7) is 11.5. The maximum atomic E-state index is 12.1. The number of nitrogens with one attached hydrogen (secondary N) is 1. The van der Waals surface area contributed by atoms with Crippen LogP contribution in [0.5, 0.6) is 0 Å². The lowest BCUT2D eigenvalue weighted by Crippen LogP contribution is -2.49. The van der Waals surface area contributed by atoms with Gasteiger partial charge in [-0.15, -0.1) is 0 Å². The molecule has 3 N–H and O–H groups in total. The van der Waals surface area contributed by atoms with Gasteiger partial charge >= 0.3 is 6.09 Å². The van der Waals surface area contributed by atoms with Crippen LogP contribution in [0.25, 0.3) is 0 Å². The van der Waals surface area contributed by atoms with E-state index in [0.717, 1.165) is 39.0 Å². The molecule has 2 rings (SSSR count). The molecule has 5 nitrogen and oxygen atoms in total. The summed E-state index contributed by atoms with van der Waals surface area (Å²) >= 11 is 0. The zero-order valence-electron chi connectivity index (χ0n) is 15.4. The second-order valence-corrected chi connectivity index (χ2v) is 8.69. The van der Waals surface area contributed by atoms with Crippen LogP contribution >= 0.6 is 0 Å². The van der Waals surface area contributed by atoms with E-state index in [1.165, 1.54) is 19.3 Å². The average Bonchev–Trinajstić information content (AvgIpc) is 2.91. The molecule has 5 heteroatoms. The SMILES string of the molecule is CC1(CNC2CCCC2CN)CCN(C(=O)OC(C)(C)C)CC1. The number of hydrogen-bond donors (Lipinski definition) is 2. The Morgan fingerprint density at radius 2 is 1.96 bits per heavy atom. The second-order valence-electron chi connectivity index (χ2n) is 8.69. The molecule has 0 spiro atoms. The van der Waals surface area contributed by atoms with Crippen LogP contribution < -0.4 is 11.1 Å². The van der Waals surface area contributed by atoms with Gasteiger partial charge in [0.25, 0.3) is 0 Å². The van der Waals surface area contributed by atoms with Gasteiger partial charge in [0.15, 0.2) is 0 Å². The molecule has 1 heterocycles. The van der Waals surface area contributed by atoms with Crippen LogP contribution in [0, 0.1) is 11.3 Å². The zero-order valence-corrected chi connectivity index (χ0v) is 15.4. The van der Waals surface area contributed by atoms with Crippen molar-refractivity contribution in [1.82, 2.24) is 10.2 Å². The maximum Gasteiger partial charge on any atom is 0.410 e. The fourth-order valence-electron chi connectivity index (χ4n) is 3.70. The van der Waals surface area contributed by atoms with Gasteiger partial charge in [0.2, 0.25) is 0 Å². The van der Waals surface area contributed by atoms with Crippen molar-refractivity contribution in [2.24, 2.45) is 17.1 Å². The van der Waals surface area contributed by atoms with E-state index in [1.807, 2.05) is 25.7 Å². The molecule has 1 saturated carbocycles. The standard InChI is InChI=1S/C18H35N3O2/c1-17(2,3)23-16(22)21-10-8-18(4,9-11-21)13-20-15-7-5-6-14(15)12-19/h14-15,20H,5-13,19H2,1-4H3. The molecule has 0 aromatic heterocycles. The van der Waals surface area contributed by atoms with Crippen LogP contribution in [0.15, 0.2) is 0 Å². The lowest BCUT2D eigenvalue weighted by atomic mass is 9.80. The van der Waals surface area contributed by atoms with E-state index in [4.69, 9.17) is 10.5 Å². The number of carbonyl (C=O) groups is 1. The smallest absolute Gasteiger partial charge is 0.410 e. The van der Waals surface area contributed by atoms with Gasteiger partial charge in [0, 0.05) is 25.7 Å². The Kier molecular flexibility index (Phi) is 5.95. The summed E-state index contributed by atoms with van der Waals surface area (Å²) in [5, 5.41) is 3.76. The fraction of sp³-hybridized carbons (Fsp3) is 0.944. The van der Waals surface area contributed by atoms with Crippen LogP contribution in [0.2, 0.25) is 0 Å². The van der Waals surface area contributed by atoms with Crippen LogP contribution in [-0.4, -0.2) is 48.8 Å². The lowest BCUT2D eigenvalue weighted by molar-refractivity contribution is 0.0116. The highest BCUT2D eigenvalue weighted by molar-refractivity contribution is 5.68. The molecule has 23 heavy (non-hydrogen) atoms. The van der Waals surface area contributed by atoms with Gasteiger partial charge in [-0.25, -0.2) is 4.79 Å². The fourth-order valence-corrected chi connectivity index (χ4v) is 3.70. The summed E-state index contributed by atoms with van der Waals surface area (Å²) in [4.78, 5) is 14.0. The van der Waals surface area contributed by atoms with E-state index >= 15 is 0 Å². The summed E-state index contributed by atoms with van der Waals surface area (Å²) in [5.41, 5.74) is 5.72. The maximum absolute atomic E-state index is 12.1. The van der Waals surface area contributed by atoms with Gasteiger partial charge in [0.05, 0.1) is 0 Å². The Bertz CT molecular complexity index is 398. The van der Waals surface area contributed by atoms with Gasteiger partial charge in [-0.2, -0.15) is 0 Å². The predicted molar refractivity (Wildman–Crippen MR) is 93.3 cm³/mol. The highest BCUT2D eigenvalue weighted by atomic mass is 16.6. The van der Waals surface area contributed by atoms with Crippen LogP contribution in [0.3, 0.4) is 0 Å². The van der Waals surface area contributed by atoms with Crippen molar-refractivity contribution in [1.29, 1.82) is 0 Å². The van der Waals surface area contributed by atoms with Crippen molar-refractivity contribution in [3.8, 4) is 0 Å². The second kappa shape index (κ2) is 7.39. The molecule has 1 aliphatic carbocycles. The normalized spacial score (nSPS) is 28.0. The molecule has 2 unspecified atom stereocenters. The number of hydrogen-bond acceptors (Lipinski definition) is 4. The summed E-state index contributed by atoms with van der Waals surface area (Å²) in [7, 11) is 0. The first-order chi connectivity index (χ1) is 10.7. The summed E-state index contributed by atoms with van der Waals surface area (Å²) in [5.74, 6) is 0.639. The molecule has 1 aliphatic heterocycles. The van der Waals surface area contributed by atoms with E-state index in [-0.39, 0.29) is 11.5 Å². The van der Waals surface area contributed by atoms with Crippen molar-refractivity contribution in [3.63, 3.8) is 0 Å². The molecule has 0 radical (unpaired) electrons. The number of rotatable bonds is 4. The molecular formula is C18H35N3O2. The molecule has 0 aromatic carbocycles. The Hall–Kier alpha value is -0.810. The third-order valence-corrected chi connectivity index (χ3v) is 5.38. The number of nitrogens with zero attached hydrogens (tertiary/aromatic N) is 1. The van der Waals surface area contributed by atoms with E-state index in [0.29, 0.717) is 12.0 Å². The van der Waals surface area contributed by atoms with Crippen LogP contribution in [0.1, 0.15) is 59.8 Å². The number of likely N-dealkylation sites (tertiary alicyclic amines) is 1. The molecule has 0 aromatic rings. The molecule has 2 aliphatic rings. The number of nitrogens with two attached hydrogens (primary N) is 1. The highest BCUT2D eigenvalue weighted by Gasteiger charge is 2.35. The largest absolute Gasteiger partial charge is 0.444 e. The minimum atomic E-state index is -0.418. The topological polar surface area (TPSA) is 67.6 Å². The summed E-state index contributed by atoms with van der Waals surface area (Å²) in [6, 6.07) is 0.584. The Labute approximate surface area is 141 Å². The van der Waals surface area contributed by atoms with E-state index in [9.17, 15) is 4.79 Å². The molecule has 1 amide bonds. The first-order valence-corrected chi connectivity index (χ1v) is 9.14.